The topological polar surface area (TPSA) is 43.1 Å². The van der Waals surface area contributed by atoms with E-state index in [0.29, 0.717) is 24.6 Å². The Bertz CT molecular complexity index is 497. The van der Waals surface area contributed by atoms with Gasteiger partial charge in [-0.05, 0) is 36.9 Å². The summed E-state index contributed by atoms with van der Waals surface area (Å²) < 4.78 is 50.8. The molecule has 21 heavy (non-hydrogen) atoms. The van der Waals surface area contributed by atoms with Gasteiger partial charge in [-0.1, -0.05) is 19.9 Å². The summed E-state index contributed by atoms with van der Waals surface area (Å²) in [6, 6.07) is 2.26. The van der Waals surface area contributed by atoms with Crippen molar-refractivity contribution >= 4 is 5.78 Å². The van der Waals surface area contributed by atoms with E-state index in [2.05, 4.69) is 0 Å². The lowest BCUT2D eigenvalue weighted by molar-refractivity contribution is -0.140. The van der Waals surface area contributed by atoms with E-state index in [9.17, 15) is 22.4 Å². The minimum Gasteiger partial charge on any atom is -0.330 e. The van der Waals surface area contributed by atoms with Gasteiger partial charge in [0.2, 0.25) is 0 Å². The quantitative estimate of drug-likeness (QED) is 0.637. The molecule has 0 aliphatic heterocycles. The number of nitrogens with two attached hydrogens (primary N) is 1. The first-order chi connectivity index (χ1) is 9.65. The number of ketones is 1. The summed E-state index contributed by atoms with van der Waals surface area (Å²) in [5, 5.41) is 0. The van der Waals surface area contributed by atoms with E-state index in [-0.39, 0.29) is 17.9 Å². The number of halogens is 4. The summed E-state index contributed by atoms with van der Waals surface area (Å²) in [6.07, 6.45) is -3.91. The molecule has 0 saturated heterocycles. The molecule has 1 rings (SSSR count). The second-order valence-electron chi connectivity index (χ2n) is 5.55. The minimum absolute atomic E-state index is 0.0529. The molecule has 0 fully saturated rings. The number of hydrogen-bond donors (Lipinski definition) is 1. The summed E-state index contributed by atoms with van der Waals surface area (Å²) in [6.45, 7) is 4.29. The number of benzene rings is 1. The summed E-state index contributed by atoms with van der Waals surface area (Å²) in [5.41, 5.74) is 4.17. The van der Waals surface area contributed by atoms with Gasteiger partial charge in [-0.15, -0.1) is 0 Å². The number of alkyl halides is 3. The van der Waals surface area contributed by atoms with E-state index in [1.165, 1.54) is 0 Å². The molecule has 1 unspecified atom stereocenters. The van der Waals surface area contributed by atoms with Crippen LogP contribution < -0.4 is 5.73 Å². The third-order valence-electron chi connectivity index (χ3n) is 3.21. The van der Waals surface area contributed by atoms with Gasteiger partial charge < -0.3 is 5.73 Å². The van der Waals surface area contributed by atoms with Crippen LogP contribution in [0.3, 0.4) is 0 Å². The molecule has 118 valence electrons. The number of rotatable bonds is 6. The average Bonchev–Trinajstić information content (AvgIpc) is 2.35. The molecule has 0 bridgehead atoms. The third kappa shape index (κ3) is 5.12. The largest absolute Gasteiger partial charge is 0.419 e. The van der Waals surface area contributed by atoms with Crippen LogP contribution in [0, 0.1) is 17.7 Å². The predicted molar refractivity (Wildman–Crippen MR) is 72.3 cm³/mol. The maximum absolute atomic E-state index is 13.4. The van der Waals surface area contributed by atoms with Crippen LogP contribution in [0.25, 0.3) is 0 Å². The molecular formula is C15H19F4NO. The van der Waals surface area contributed by atoms with Gasteiger partial charge in [-0.3, -0.25) is 4.79 Å². The highest BCUT2D eigenvalue weighted by atomic mass is 19.4. The van der Waals surface area contributed by atoms with Crippen molar-refractivity contribution in [1.82, 2.24) is 0 Å². The van der Waals surface area contributed by atoms with Gasteiger partial charge in [0.15, 0.2) is 5.78 Å². The highest BCUT2D eigenvalue weighted by Gasteiger charge is 2.34. The molecule has 0 saturated carbocycles. The van der Waals surface area contributed by atoms with E-state index >= 15 is 0 Å². The second kappa shape index (κ2) is 7.02. The van der Waals surface area contributed by atoms with Crippen LogP contribution >= 0.6 is 0 Å². The van der Waals surface area contributed by atoms with Crippen LogP contribution in [0.15, 0.2) is 18.2 Å². The van der Waals surface area contributed by atoms with Crippen molar-refractivity contribution in [2.75, 3.05) is 6.54 Å². The van der Waals surface area contributed by atoms with Crippen molar-refractivity contribution in [2.45, 2.75) is 32.9 Å². The van der Waals surface area contributed by atoms with Crippen molar-refractivity contribution in [3.05, 3.63) is 35.1 Å². The Hall–Kier alpha value is -1.43. The van der Waals surface area contributed by atoms with Crippen molar-refractivity contribution in [3.8, 4) is 0 Å². The van der Waals surface area contributed by atoms with Crippen LogP contribution in [-0.2, 0) is 6.18 Å². The van der Waals surface area contributed by atoms with E-state index in [0.717, 1.165) is 12.5 Å². The molecule has 0 spiro atoms. The molecule has 0 aromatic heterocycles. The fourth-order valence-electron chi connectivity index (χ4n) is 2.23. The number of hydrogen-bond acceptors (Lipinski definition) is 2. The first-order valence-corrected chi connectivity index (χ1v) is 6.75. The van der Waals surface area contributed by atoms with E-state index < -0.39 is 23.3 Å². The Kier molecular flexibility index (Phi) is 5.89. The van der Waals surface area contributed by atoms with Crippen molar-refractivity contribution in [2.24, 2.45) is 17.6 Å². The summed E-state index contributed by atoms with van der Waals surface area (Å²) in [4.78, 5) is 12.0. The summed E-state index contributed by atoms with van der Waals surface area (Å²) >= 11 is 0. The summed E-state index contributed by atoms with van der Waals surface area (Å²) in [5.74, 6) is -1.52. The minimum atomic E-state index is -4.76. The van der Waals surface area contributed by atoms with E-state index in [1.807, 2.05) is 13.8 Å². The highest BCUT2D eigenvalue weighted by Crippen LogP contribution is 2.32. The molecule has 0 aliphatic rings. The van der Waals surface area contributed by atoms with Crippen LogP contribution in [0.2, 0.25) is 0 Å². The smallest absolute Gasteiger partial charge is 0.330 e. The van der Waals surface area contributed by atoms with Crippen molar-refractivity contribution in [3.63, 3.8) is 0 Å². The zero-order valence-corrected chi connectivity index (χ0v) is 12.0. The van der Waals surface area contributed by atoms with Gasteiger partial charge in [0.1, 0.15) is 5.82 Å². The Labute approximate surface area is 121 Å². The standard InChI is InChI=1S/C15H19F4NO/c1-9(2)5-10(8-20)6-14(21)11-3-4-12(13(16)7-11)15(17,18)19/h3-4,7,9-10H,5-6,8,20H2,1-2H3. The molecule has 6 heteroatoms. The first-order valence-electron chi connectivity index (χ1n) is 6.75. The zero-order valence-electron chi connectivity index (χ0n) is 12.0. The molecule has 0 heterocycles. The molecular weight excluding hydrogens is 286 g/mol. The third-order valence-corrected chi connectivity index (χ3v) is 3.21. The van der Waals surface area contributed by atoms with Crippen molar-refractivity contribution in [1.29, 1.82) is 0 Å². The fraction of sp³-hybridized carbons (Fsp3) is 0.533. The molecule has 2 nitrogen and oxygen atoms in total. The van der Waals surface area contributed by atoms with Gasteiger partial charge in [0.05, 0.1) is 5.56 Å². The maximum atomic E-state index is 13.4. The number of carbonyl (C=O) groups excluding carboxylic acids is 1. The molecule has 1 atom stereocenters. The van der Waals surface area contributed by atoms with Gasteiger partial charge in [0, 0.05) is 12.0 Å². The number of Topliss-reactive ketones (excluding diaryl/α,β-unsaturated/α-hetero) is 1. The monoisotopic (exact) mass is 305 g/mol. The van der Waals surface area contributed by atoms with Crippen LogP contribution in [0.4, 0.5) is 17.6 Å². The molecule has 2 N–H and O–H groups in total. The molecule has 1 aromatic rings. The number of carbonyl (C=O) groups is 1. The molecule has 0 aliphatic carbocycles. The molecule has 1 aromatic carbocycles. The Morgan fingerprint density at radius 3 is 2.33 bits per heavy atom. The van der Waals surface area contributed by atoms with Crippen LogP contribution in [0.1, 0.15) is 42.6 Å². The predicted octanol–water partition coefficient (Wildman–Crippen LogP) is 4.04. The highest BCUT2D eigenvalue weighted by molar-refractivity contribution is 5.96. The van der Waals surface area contributed by atoms with Crippen LogP contribution in [0.5, 0.6) is 0 Å². The lowest BCUT2D eigenvalue weighted by Crippen LogP contribution is -2.20. The maximum Gasteiger partial charge on any atom is 0.419 e. The average molecular weight is 305 g/mol. The lowest BCUT2D eigenvalue weighted by Gasteiger charge is -2.16. The normalized spacial score (nSPS) is 13.5. The Morgan fingerprint density at radius 2 is 1.90 bits per heavy atom. The Morgan fingerprint density at radius 1 is 1.29 bits per heavy atom. The Balaban J connectivity index is 2.86. The lowest BCUT2D eigenvalue weighted by atomic mass is 9.90. The van der Waals surface area contributed by atoms with Gasteiger partial charge in [-0.25, -0.2) is 4.39 Å². The van der Waals surface area contributed by atoms with Crippen molar-refractivity contribution < 1.29 is 22.4 Å². The van der Waals surface area contributed by atoms with E-state index in [4.69, 9.17) is 5.73 Å². The fourth-order valence-corrected chi connectivity index (χ4v) is 2.23. The second-order valence-corrected chi connectivity index (χ2v) is 5.55. The van der Waals surface area contributed by atoms with Gasteiger partial charge in [0.25, 0.3) is 0 Å². The summed E-state index contributed by atoms with van der Waals surface area (Å²) in [7, 11) is 0. The SMILES string of the molecule is CC(C)CC(CN)CC(=O)c1ccc(C(F)(F)F)c(F)c1. The zero-order chi connectivity index (χ0) is 16.2. The molecule has 0 radical (unpaired) electrons. The van der Waals surface area contributed by atoms with E-state index in [1.54, 1.807) is 0 Å². The van der Waals surface area contributed by atoms with Crippen LogP contribution in [-0.4, -0.2) is 12.3 Å². The van der Waals surface area contributed by atoms with Gasteiger partial charge >= 0.3 is 6.18 Å². The van der Waals surface area contributed by atoms with Gasteiger partial charge in [-0.2, -0.15) is 13.2 Å². The first kappa shape index (κ1) is 17.6. The molecule has 0 amide bonds.